The molecule has 0 aliphatic heterocycles. The van der Waals surface area contributed by atoms with Gasteiger partial charge in [0.2, 0.25) is 5.91 Å². The van der Waals surface area contributed by atoms with Crippen LogP contribution in [0.1, 0.15) is 23.1 Å². The number of nitrogens with zero attached hydrogens (tertiary/aromatic N) is 2. The van der Waals surface area contributed by atoms with E-state index in [0.29, 0.717) is 19.5 Å². The number of halogens is 1. The monoisotopic (exact) mass is 443 g/mol. The van der Waals surface area contributed by atoms with Gasteiger partial charge in [0, 0.05) is 30.3 Å². The molecule has 0 spiro atoms. The molecule has 0 unspecified atom stereocenters. The van der Waals surface area contributed by atoms with Crippen LogP contribution in [-0.4, -0.2) is 22.8 Å². The lowest BCUT2D eigenvalue weighted by Crippen LogP contribution is -2.23. The molecule has 4 aromatic rings. The number of amides is 1. The second kappa shape index (κ2) is 10.6. The average molecular weight is 444 g/mol. The van der Waals surface area contributed by atoms with Crippen LogP contribution in [0.25, 0.3) is 11.3 Å². The number of methoxy groups -OCH3 is 1. The molecule has 0 aliphatic rings. The molecule has 4 rings (SSSR count). The van der Waals surface area contributed by atoms with E-state index in [2.05, 4.69) is 17.4 Å². The maximum absolute atomic E-state index is 13.9. The van der Waals surface area contributed by atoms with E-state index >= 15 is 0 Å². The molecule has 0 saturated heterocycles. The summed E-state index contributed by atoms with van der Waals surface area (Å²) in [6.07, 6.45) is 2.70. The van der Waals surface area contributed by atoms with Gasteiger partial charge in [0.05, 0.1) is 19.3 Å². The Morgan fingerprint density at radius 1 is 1.00 bits per heavy atom. The van der Waals surface area contributed by atoms with Crippen LogP contribution in [0.4, 0.5) is 4.39 Å². The first-order valence-corrected chi connectivity index (χ1v) is 10.9. The van der Waals surface area contributed by atoms with Crippen molar-refractivity contribution in [2.45, 2.75) is 25.9 Å². The van der Waals surface area contributed by atoms with Crippen molar-refractivity contribution in [2.75, 3.05) is 7.11 Å². The number of rotatable bonds is 9. The molecule has 6 heteroatoms. The van der Waals surface area contributed by atoms with E-state index < -0.39 is 5.82 Å². The summed E-state index contributed by atoms with van der Waals surface area (Å²) in [6, 6.07) is 24.8. The predicted octanol–water partition coefficient (Wildman–Crippen LogP) is 5.00. The standard InChI is InChI=1S/C27H26FN3O2/c1-33-25-14-12-20(16-24(25)28)13-15-26(32)29-17-23-19-31(18-21-8-4-2-5-9-21)30-27(23)22-10-6-3-7-11-22/h2-12,14,16,19H,13,15,17-18H2,1H3,(H,29,32). The number of aromatic nitrogens is 2. The van der Waals surface area contributed by atoms with E-state index in [1.54, 1.807) is 12.1 Å². The minimum atomic E-state index is -0.422. The van der Waals surface area contributed by atoms with Gasteiger partial charge in [0.1, 0.15) is 0 Å². The summed E-state index contributed by atoms with van der Waals surface area (Å²) in [6.45, 7) is 1.02. The van der Waals surface area contributed by atoms with Gasteiger partial charge in [0.25, 0.3) is 0 Å². The molecule has 0 saturated carbocycles. The van der Waals surface area contributed by atoms with Gasteiger partial charge in [-0.3, -0.25) is 9.48 Å². The number of hydrogen-bond acceptors (Lipinski definition) is 3. The molecule has 1 aromatic heterocycles. The molecule has 0 fully saturated rings. The summed E-state index contributed by atoms with van der Waals surface area (Å²) in [4.78, 5) is 12.5. The van der Waals surface area contributed by atoms with E-state index in [1.165, 1.54) is 13.2 Å². The third-order valence-corrected chi connectivity index (χ3v) is 5.41. The van der Waals surface area contributed by atoms with Crippen LogP contribution in [0.3, 0.4) is 0 Å². The average Bonchev–Trinajstić information content (AvgIpc) is 3.25. The Bertz CT molecular complexity index is 1210. The van der Waals surface area contributed by atoms with Crippen molar-refractivity contribution in [2.24, 2.45) is 0 Å². The second-order valence-corrected chi connectivity index (χ2v) is 7.80. The third-order valence-electron chi connectivity index (χ3n) is 5.41. The molecule has 0 atom stereocenters. The molecule has 3 aromatic carbocycles. The van der Waals surface area contributed by atoms with E-state index in [4.69, 9.17) is 9.84 Å². The first-order chi connectivity index (χ1) is 16.1. The largest absolute Gasteiger partial charge is 0.494 e. The highest BCUT2D eigenvalue weighted by Crippen LogP contribution is 2.23. The fourth-order valence-electron chi connectivity index (χ4n) is 3.69. The Hall–Kier alpha value is -3.93. The van der Waals surface area contributed by atoms with Crippen molar-refractivity contribution in [3.8, 4) is 17.0 Å². The van der Waals surface area contributed by atoms with E-state index in [1.807, 2.05) is 59.4 Å². The lowest BCUT2D eigenvalue weighted by Gasteiger charge is -2.07. The SMILES string of the molecule is COc1ccc(CCC(=O)NCc2cn(Cc3ccccc3)nc2-c2ccccc2)cc1F. The Morgan fingerprint density at radius 3 is 2.42 bits per heavy atom. The summed E-state index contributed by atoms with van der Waals surface area (Å²) in [7, 11) is 1.43. The summed E-state index contributed by atoms with van der Waals surface area (Å²) >= 11 is 0. The Kier molecular flexibility index (Phi) is 7.15. The van der Waals surface area contributed by atoms with Crippen molar-refractivity contribution < 1.29 is 13.9 Å². The van der Waals surface area contributed by atoms with Crippen molar-refractivity contribution in [3.05, 3.63) is 108 Å². The number of benzene rings is 3. The van der Waals surface area contributed by atoms with Crippen molar-refractivity contribution in [3.63, 3.8) is 0 Å². The van der Waals surface area contributed by atoms with Gasteiger partial charge in [-0.25, -0.2) is 4.39 Å². The van der Waals surface area contributed by atoms with Crippen molar-refractivity contribution >= 4 is 5.91 Å². The molecular weight excluding hydrogens is 417 g/mol. The van der Waals surface area contributed by atoms with E-state index in [-0.39, 0.29) is 18.1 Å². The smallest absolute Gasteiger partial charge is 0.220 e. The minimum absolute atomic E-state index is 0.0963. The summed E-state index contributed by atoms with van der Waals surface area (Å²) in [5, 5.41) is 7.77. The number of carbonyl (C=O) groups excluding carboxylic acids is 1. The number of ether oxygens (including phenoxy) is 1. The molecule has 5 nitrogen and oxygen atoms in total. The van der Waals surface area contributed by atoms with Crippen LogP contribution in [0.2, 0.25) is 0 Å². The van der Waals surface area contributed by atoms with Gasteiger partial charge in [-0.1, -0.05) is 66.7 Å². The number of nitrogens with one attached hydrogen (secondary N) is 1. The highest BCUT2D eigenvalue weighted by atomic mass is 19.1. The van der Waals surface area contributed by atoms with E-state index in [0.717, 1.165) is 27.9 Å². The lowest BCUT2D eigenvalue weighted by molar-refractivity contribution is -0.121. The van der Waals surface area contributed by atoms with Crippen LogP contribution in [0, 0.1) is 5.82 Å². The van der Waals surface area contributed by atoms with Gasteiger partial charge in [-0.15, -0.1) is 0 Å². The Labute approximate surface area is 192 Å². The van der Waals surface area contributed by atoms with Crippen LogP contribution in [0.5, 0.6) is 5.75 Å². The molecule has 1 heterocycles. The zero-order chi connectivity index (χ0) is 23.0. The van der Waals surface area contributed by atoms with Crippen LogP contribution in [-0.2, 0) is 24.3 Å². The molecule has 0 bridgehead atoms. The highest BCUT2D eigenvalue weighted by molar-refractivity contribution is 5.76. The fraction of sp³-hybridized carbons (Fsp3) is 0.185. The third kappa shape index (κ3) is 5.86. The van der Waals surface area contributed by atoms with Crippen LogP contribution in [0.15, 0.2) is 85.1 Å². The normalized spacial score (nSPS) is 10.7. The van der Waals surface area contributed by atoms with Crippen LogP contribution >= 0.6 is 0 Å². The summed E-state index contributed by atoms with van der Waals surface area (Å²) < 4.78 is 20.7. The fourth-order valence-corrected chi connectivity index (χ4v) is 3.69. The van der Waals surface area contributed by atoms with Crippen molar-refractivity contribution in [1.82, 2.24) is 15.1 Å². The van der Waals surface area contributed by atoms with Gasteiger partial charge >= 0.3 is 0 Å². The molecule has 1 amide bonds. The Morgan fingerprint density at radius 2 is 1.73 bits per heavy atom. The zero-order valence-electron chi connectivity index (χ0n) is 18.5. The predicted molar refractivity (Wildman–Crippen MR) is 126 cm³/mol. The molecule has 0 radical (unpaired) electrons. The van der Waals surface area contributed by atoms with Gasteiger partial charge in [-0.2, -0.15) is 5.10 Å². The number of aryl methyl sites for hydroxylation is 1. The topological polar surface area (TPSA) is 56.1 Å². The van der Waals surface area contributed by atoms with Gasteiger partial charge < -0.3 is 10.1 Å². The van der Waals surface area contributed by atoms with Gasteiger partial charge in [-0.05, 0) is 29.7 Å². The maximum Gasteiger partial charge on any atom is 0.220 e. The second-order valence-electron chi connectivity index (χ2n) is 7.80. The highest BCUT2D eigenvalue weighted by Gasteiger charge is 2.13. The van der Waals surface area contributed by atoms with Crippen LogP contribution < -0.4 is 10.1 Å². The van der Waals surface area contributed by atoms with Gasteiger partial charge in [0.15, 0.2) is 11.6 Å². The summed E-state index contributed by atoms with van der Waals surface area (Å²) in [5.41, 5.74) is 4.71. The molecular formula is C27H26FN3O2. The maximum atomic E-state index is 13.9. The van der Waals surface area contributed by atoms with E-state index in [9.17, 15) is 9.18 Å². The molecule has 168 valence electrons. The quantitative estimate of drug-likeness (QED) is 0.396. The molecule has 0 aliphatic carbocycles. The lowest BCUT2D eigenvalue weighted by atomic mass is 10.1. The zero-order valence-corrected chi connectivity index (χ0v) is 18.5. The first-order valence-electron chi connectivity index (χ1n) is 10.9. The number of hydrogen-bond donors (Lipinski definition) is 1. The minimum Gasteiger partial charge on any atom is -0.494 e. The Balaban J connectivity index is 1.42. The molecule has 33 heavy (non-hydrogen) atoms. The number of carbonyl (C=O) groups is 1. The molecule has 1 N–H and O–H groups in total. The summed E-state index contributed by atoms with van der Waals surface area (Å²) in [5.74, 6) is -0.320. The van der Waals surface area contributed by atoms with Crippen molar-refractivity contribution in [1.29, 1.82) is 0 Å². The first kappa shape index (κ1) is 22.3.